The van der Waals surface area contributed by atoms with E-state index in [0.29, 0.717) is 10.6 Å². The molecule has 1 amide bonds. The molecule has 0 N–H and O–H groups in total. The average Bonchev–Trinajstić information content (AvgIpc) is 3.22. The van der Waals surface area contributed by atoms with Crippen LogP contribution in [0.15, 0.2) is 67.1 Å². The van der Waals surface area contributed by atoms with Crippen molar-refractivity contribution in [2.24, 2.45) is 0 Å². The average molecular weight is 432 g/mol. The maximum absolute atomic E-state index is 13.0. The lowest BCUT2D eigenvalue weighted by atomic mass is 10.1. The Morgan fingerprint density at radius 2 is 1.71 bits per heavy atom. The maximum atomic E-state index is 13.0. The van der Waals surface area contributed by atoms with Crippen LogP contribution in [0.25, 0.3) is 28.2 Å². The summed E-state index contributed by atoms with van der Waals surface area (Å²) in [6.45, 7) is 3.31. The summed E-state index contributed by atoms with van der Waals surface area (Å²) >= 11 is 6.15. The van der Waals surface area contributed by atoms with Gasteiger partial charge in [-0.25, -0.2) is 4.98 Å². The van der Waals surface area contributed by atoms with Crippen LogP contribution in [0.1, 0.15) is 10.4 Å². The van der Waals surface area contributed by atoms with Gasteiger partial charge in [0, 0.05) is 54.1 Å². The number of rotatable bonds is 3. The Kier molecular flexibility index (Phi) is 5.18. The van der Waals surface area contributed by atoms with E-state index in [1.54, 1.807) is 6.20 Å². The summed E-state index contributed by atoms with van der Waals surface area (Å²) in [5.41, 5.74) is 5.04. The third-order valence-corrected chi connectivity index (χ3v) is 5.95. The summed E-state index contributed by atoms with van der Waals surface area (Å²) in [5.74, 6) is 0.0741. The molecule has 31 heavy (non-hydrogen) atoms. The normalized spacial score (nSPS) is 14.8. The number of amides is 1. The van der Waals surface area contributed by atoms with Gasteiger partial charge in [0.2, 0.25) is 0 Å². The van der Waals surface area contributed by atoms with Crippen LogP contribution in [0, 0.1) is 0 Å². The Bertz CT molecular complexity index is 1260. The third-order valence-electron chi connectivity index (χ3n) is 5.71. The zero-order valence-corrected chi connectivity index (χ0v) is 18.0. The number of piperazine rings is 1. The zero-order chi connectivity index (χ0) is 21.4. The lowest BCUT2D eigenvalue weighted by Crippen LogP contribution is -2.47. The number of nitrogens with zero attached hydrogens (tertiary/aromatic N) is 5. The van der Waals surface area contributed by atoms with Crippen LogP contribution in [0.3, 0.4) is 0 Å². The van der Waals surface area contributed by atoms with Crippen molar-refractivity contribution in [2.75, 3.05) is 33.2 Å². The van der Waals surface area contributed by atoms with Gasteiger partial charge in [0.05, 0.1) is 23.8 Å². The van der Waals surface area contributed by atoms with Gasteiger partial charge in [-0.15, -0.1) is 0 Å². The van der Waals surface area contributed by atoms with Crippen molar-refractivity contribution >= 4 is 23.2 Å². The number of hydrogen-bond donors (Lipinski definition) is 0. The van der Waals surface area contributed by atoms with Crippen LogP contribution in [0.5, 0.6) is 0 Å². The van der Waals surface area contributed by atoms with E-state index in [9.17, 15) is 4.79 Å². The first-order chi connectivity index (χ1) is 15.1. The number of benzene rings is 2. The van der Waals surface area contributed by atoms with Crippen molar-refractivity contribution in [1.29, 1.82) is 0 Å². The molecular formula is C24H22ClN5O. The Balaban J connectivity index is 1.50. The molecule has 4 aromatic rings. The van der Waals surface area contributed by atoms with Gasteiger partial charge >= 0.3 is 0 Å². The molecule has 2 aromatic heterocycles. The molecule has 0 unspecified atom stereocenters. The molecule has 0 radical (unpaired) electrons. The highest BCUT2D eigenvalue weighted by atomic mass is 35.5. The number of carbonyl (C=O) groups is 1. The Hall–Kier alpha value is -3.22. The summed E-state index contributed by atoms with van der Waals surface area (Å²) in [4.78, 5) is 26.2. The summed E-state index contributed by atoms with van der Waals surface area (Å²) in [6, 6.07) is 15.4. The highest BCUT2D eigenvalue weighted by Gasteiger charge is 2.21. The van der Waals surface area contributed by atoms with Gasteiger partial charge in [0.1, 0.15) is 0 Å². The first-order valence-electron chi connectivity index (χ1n) is 10.3. The number of halogens is 1. The second-order valence-electron chi connectivity index (χ2n) is 7.83. The minimum absolute atomic E-state index is 0.0741. The fraction of sp³-hybridized carbons (Fsp3) is 0.208. The molecule has 0 spiro atoms. The molecule has 0 saturated carbocycles. The van der Waals surface area contributed by atoms with E-state index in [1.165, 1.54) is 0 Å². The van der Waals surface area contributed by atoms with Crippen LogP contribution in [0.2, 0.25) is 5.02 Å². The zero-order valence-electron chi connectivity index (χ0n) is 17.2. The van der Waals surface area contributed by atoms with Crippen molar-refractivity contribution in [1.82, 2.24) is 24.2 Å². The van der Waals surface area contributed by atoms with Crippen LogP contribution in [-0.2, 0) is 0 Å². The molecule has 5 rings (SSSR count). The molecule has 0 atom stereocenters. The van der Waals surface area contributed by atoms with Crippen molar-refractivity contribution in [2.45, 2.75) is 0 Å². The van der Waals surface area contributed by atoms with Crippen LogP contribution >= 0.6 is 11.6 Å². The Morgan fingerprint density at radius 1 is 0.935 bits per heavy atom. The summed E-state index contributed by atoms with van der Waals surface area (Å²) in [5, 5.41) is 0.667. The molecule has 0 bridgehead atoms. The Morgan fingerprint density at radius 3 is 2.52 bits per heavy atom. The first-order valence-corrected chi connectivity index (χ1v) is 10.6. The van der Waals surface area contributed by atoms with Gasteiger partial charge in [-0.2, -0.15) is 0 Å². The van der Waals surface area contributed by atoms with Crippen molar-refractivity contribution in [3.8, 4) is 22.5 Å². The predicted octanol–water partition coefficient (Wildman–Crippen LogP) is 4.10. The van der Waals surface area contributed by atoms with Gasteiger partial charge in [0.25, 0.3) is 5.91 Å². The lowest BCUT2D eigenvalue weighted by molar-refractivity contribution is 0.0664. The third kappa shape index (κ3) is 3.92. The van der Waals surface area contributed by atoms with Crippen molar-refractivity contribution in [3.05, 3.63) is 77.7 Å². The van der Waals surface area contributed by atoms with Gasteiger partial charge in [-0.3, -0.25) is 14.2 Å². The second kappa shape index (κ2) is 8.13. The van der Waals surface area contributed by atoms with Gasteiger partial charge in [0.15, 0.2) is 5.65 Å². The van der Waals surface area contributed by atoms with E-state index < -0.39 is 0 Å². The second-order valence-corrected chi connectivity index (χ2v) is 8.27. The molecule has 0 aliphatic carbocycles. The lowest BCUT2D eigenvalue weighted by Gasteiger charge is -2.32. The van der Waals surface area contributed by atoms with Gasteiger partial charge in [-0.05, 0) is 31.3 Å². The van der Waals surface area contributed by atoms with E-state index in [4.69, 9.17) is 11.6 Å². The number of carbonyl (C=O) groups excluding carboxylic acids is 1. The van der Waals surface area contributed by atoms with E-state index in [0.717, 1.165) is 54.3 Å². The highest BCUT2D eigenvalue weighted by molar-refractivity contribution is 6.30. The molecule has 1 fully saturated rings. The molecule has 3 heterocycles. The molecule has 156 valence electrons. The molecule has 1 aliphatic rings. The number of aromatic nitrogens is 3. The molecule has 7 heteroatoms. The van der Waals surface area contributed by atoms with Crippen LogP contribution < -0.4 is 0 Å². The Labute approximate surface area is 185 Å². The SMILES string of the molecule is CN1CCN(C(=O)c2cccc(-c3cnc4cnc(-c5cccc(Cl)c5)cn34)c2)CC1. The fourth-order valence-electron chi connectivity index (χ4n) is 3.90. The largest absolute Gasteiger partial charge is 0.336 e. The standard InChI is InChI=1S/C24H22ClN5O/c1-28-8-10-29(11-9-28)24(31)19-6-2-5-18(12-19)22-14-27-23-15-26-21(16-30(22)23)17-4-3-7-20(25)13-17/h2-7,12-16H,8-11H2,1H3. The molecule has 1 saturated heterocycles. The summed E-state index contributed by atoms with van der Waals surface area (Å²) in [6.07, 6.45) is 5.52. The topological polar surface area (TPSA) is 53.7 Å². The number of hydrogen-bond acceptors (Lipinski definition) is 4. The monoisotopic (exact) mass is 431 g/mol. The summed E-state index contributed by atoms with van der Waals surface area (Å²) in [7, 11) is 2.08. The fourth-order valence-corrected chi connectivity index (χ4v) is 4.09. The number of fused-ring (bicyclic) bond motifs is 1. The van der Waals surface area contributed by atoms with E-state index >= 15 is 0 Å². The number of likely N-dealkylation sites (N-methyl/N-ethyl adjacent to an activating group) is 1. The van der Waals surface area contributed by atoms with Crippen LogP contribution in [0.4, 0.5) is 0 Å². The first kappa shape index (κ1) is 19.7. The maximum Gasteiger partial charge on any atom is 0.253 e. The quantitative estimate of drug-likeness (QED) is 0.490. The minimum atomic E-state index is 0.0741. The predicted molar refractivity (Wildman–Crippen MR) is 122 cm³/mol. The molecule has 1 aliphatic heterocycles. The van der Waals surface area contributed by atoms with Gasteiger partial charge < -0.3 is 9.80 Å². The van der Waals surface area contributed by atoms with Gasteiger partial charge in [-0.1, -0.05) is 35.9 Å². The molecule has 2 aromatic carbocycles. The highest BCUT2D eigenvalue weighted by Crippen LogP contribution is 2.26. The summed E-state index contributed by atoms with van der Waals surface area (Å²) < 4.78 is 2.00. The molecular weight excluding hydrogens is 410 g/mol. The van der Waals surface area contributed by atoms with Crippen molar-refractivity contribution in [3.63, 3.8) is 0 Å². The van der Waals surface area contributed by atoms with Crippen LogP contribution in [-0.4, -0.2) is 63.3 Å². The van der Waals surface area contributed by atoms with Crippen molar-refractivity contribution < 1.29 is 4.79 Å². The van der Waals surface area contributed by atoms with E-state index in [-0.39, 0.29) is 5.91 Å². The van der Waals surface area contributed by atoms with E-state index in [2.05, 4.69) is 21.9 Å². The smallest absolute Gasteiger partial charge is 0.253 e. The molecule has 6 nitrogen and oxygen atoms in total. The minimum Gasteiger partial charge on any atom is -0.336 e. The number of imidazole rings is 1. The van der Waals surface area contributed by atoms with E-state index in [1.807, 2.05) is 70.2 Å².